The molecule has 3 aromatic rings. The monoisotopic (exact) mass is 446 g/mol. The van der Waals surface area contributed by atoms with Gasteiger partial charge in [0.15, 0.2) is 11.5 Å². The van der Waals surface area contributed by atoms with Gasteiger partial charge in [0.05, 0.1) is 19.5 Å². The van der Waals surface area contributed by atoms with E-state index in [1.165, 1.54) is 17.6 Å². The first-order valence-corrected chi connectivity index (χ1v) is 12.5. The van der Waals surface area contributed by atoms with E-state index in [-0.39, 0.29) is 11.7 Å². The number of hydrogen-bond donors (Lipinski definition) is 1. The van der Waals surface area contributed by atoms with E-state index in [1.54, 1.807) is 13.3 Å². The summed E-state index contributed by atoms with van der Waals surface area (Å²) >= 11 is 1.52. The summed E-state index contributed by atoms with van der Waals surface area (Å²) in [6, 6.07) is 11.4. The van der Waals surface area contributed by atoms with Gasteiger partial charge in [0.25, 0.3) is 0 Å². The molecule has 1 aromatic heterocycles. The van der Waals surface area contributed by atoms with Crippen LogP contribution in [0.15, 0.2) is 48.0 Å². The van der Waals surface area contributed by atoms with Crippen LogP contribution in [-0.4, -0.2) is 39.1 Å². The minimum absolute atomic E-state index is 0.00577. The Hall–Kier alpha value is -2.58. The molecule has 160 valence electrons. The number of rotatable bonds is 9. The fourth-order valence-electron chi connectivity index (χ4n) is 3.45. The minimum Gasteiger partial charge on any atom is -0.493 e. The first-order chi connectivity index (χ1) is 14.3. The van der Waals surface area contributed by atoms with Gasteiger partial charge in [-0.2, -0.15) is 0 Å². The van der Waals surface area contributed by atoms with Crippen molar-refractivity contribution in [2.45, 2.75) is 19.3 Å². The molecule has 0 bridgehead atoms. The van der Waals surface area contributed by atoms with E-state index >= 15 is 0 Å². The number of nitrogens with two attached hydrogens (primary N) is 1. The highest BCUT2D eigenvalue weighted by Gasteiger charge is 2.22. The molecule has 1 atom stereocenters. The van der Waals surface area contributed by atoms with Crippen LogP contribution in [0.4, 0.5) is 5.69 Å². The van der Waals surface area contributed by atoms with Gasteiger partial charge in [-0.15, -0.1) is 11.3 Å². The SMILES string of the molecule is CCOc1cc([C@H](Cc2cccc(-c3nccs3)c2N)CS(C)(=O)=O)ccc1OC. The van der Waals surface area contributed by atoms with Crippen LogP contribution in [0.25, 0.3) is 10.6 Å². The second-order valence-electron chi connectivity index (χ2n) is 7.05. The zero-order chi connectivity index (χ0) is 21.7. The lowest BCUT2D eigenvalue weighted by Gasteiger charge is -2.20. The summed E-state index contributed by atoms with van der Waals surface area (Å²) in [6.45, 7) is 2.38. The predicted molar refractivity (Wildman–Crippen MR) is 122 cm³/mol. The van der Waals surface area contributed by atoms with Crippen molar-refractivity contribution in [1.29, 1.82) is 0 Å². The van der Waals surface area contributed by atoms with Gasteiger partial charge in [-0.05, 0) is 42.7 Å². The zero-order valence-electron chi connectivity index (χ0n) is 17.3. The van der Waals surface area contributed by atoms with Crippen LogP contribution in [0.3, 0.4) is 0 Å². The van der Waals surface area contributed by atoms with E-state index < -0.39 is 9.84 Å². The van der Waals surface area contributed by atoms with Crippen molar-refractivity contribution in [3.05, 3.63) is 59.1 Å². The second-order valence-corrected chi connectivity index (χ2v) is 10.1. The number of hydrogen-bond acceptors (Lipinski definition) is 7. The van der Waals surface area contributed by atoms with Crippen molar-refractivity contribution < 1.29 is 17.9 Å². The number of benzene rings is 2. The van der Waals surface area contributed by atoms with Gasteiger partial charge in [-0.1, -0.05) is 18.2 Å². The van der Waals surface area contributed by atoms with E-state index in [2.05, 4.69) is 4.98 Å². The van der Waals surface area contributed by atoms with Crippen molar-refractivity contribution in [3.8, 4) is 22.1 Å². The molecule has 0 spiro atoms. The molecule has 0 saturated heterocycles. The molecule has 1 heterocycles. The molecule has 2 N–H and O–H groups in total. The van der Waals surface area contributed by atoms with Gasteiger partial charge in [-0.3, -0.25) is 0 Å². The molecule has 0 radical (unpaired) electrons. The lowest BCUT2D eigenvalue weighted by atomic mass is 9.91. The van der Waals surface area contributed by atoms with E-state index in [1.807, 2.05) is 48.7 Å². The Labute approximate surface area is 181 Å². The smallest absolute Gasteiger partial charge is 0.161 e. The molecule has 0 amide bonds. The summed E-state index contributed by atoms with van der Waals surface area (Å²) in [5.41, 5.74) is 9.71. The summed E-state index contributed by atoms with van der Waals surface area (Å²) in [4.78, 5) is 4.35. The van der Waals surface area contributed by atoms with Gasteiger partial charge in [0.2, 0.25) is 0 Å². The number of nitrogen functional groups attached to an aromatic ring is 1. The van der Waals surface area contributed by atoms with Crippen LogP contribution in [0, 0.1) is 0 Å². The normalized spacial score (nSPS) is 12.5. The number of para-hydroxylation sites is 1. The number of nitrogens with zero attached hydrogens (tertiary/aromatic N) is 1. The Bertz CT molecular complexity index is 1100. The maximum atomic E-state index is 12.2. The van der Waals surface area contributed by atoms with E-state index in [4.69, 9.17) is 15.2 Å². The topological polar surface area (TPSA) is 91.5 Å². The zero-order valence-corrected chi connectivity index (χ0v) is 18.9. The lowest BCUT2D eigenvalue weighted by Crippen LogP contribution is -2.17. The molecule has 6 nitrogen and oxygen atoms in total. The van der Waals surface area contributed by atoms with E-state index in [9.17, 15) is 8.42 Å². The predicted octanol–water partition coefficient (Wildman–Crippen LogP) is 4.17. The molecular weight excluding hydrogens is 420 g/mol. The molecule has 8 heteroatoms. The highest BCUT2D eigenvalue weighted by Crippen LogP contribution is 2.36. The summed E-state index contributed by atoms with van der Waals surface area (Å²) < 4.78 is 35.4. The first-order valence-electron chi connectivity index (χ1n) is 9.58. The Balaban J connectivity index is 2.00. The maximum Gasteiger partial charge on any atom is 0.161 e. The molecule has 0 aliphatic rings. The molecular formula is C22H26N2O4S2. The van der Waals surface area contributed by atoms with Crippen molar-refractivity contribution in [2.24, 2.45) is 0 Å². The van der Waals surface area contributed by atoms with Crippen LogP contribution >= 0.6 is 11.3 Å². The third-order valence-electron chi connectivity index (χ3n) is 4.79. The van der Waals surface area contributed by atoms with Crippen LogP contribution in [-0.2, 0) is 16.3 Å². The fourth-order valence-corrected chi connectivity index (χ4v) is 5.17. The molecule has 0 unspecified atom stereocenters. The van der Waals surface area contributed by atoms with E-state index in [0.29, 0.717) is 30.2 Å². The van der Waals surface area contributed by atoms with Gasteiger partial charge in [-0.25, -0.2) is 13.4 Å². The van der Waals surface area contributed by atoms with Crippen molar-refractivity contribution in [1.82, 2.24) is 4.98 Å². The number of ether oxygens (including phenoxy) is 2. The summed E-state index contributed by atoms with van der Waals surface area (Å²) in [5.74, 6) is 0.940. The Morgan fingerprint density at radius 3 is 2.63 bits per heavy atom. The average molecular weight is 447 g/mol. The molecule has 0 aliphatic carbocycles. The highest BCUT2D eigenvalue weighted by atomic mass is 32.2. The molecule has 2 aromatic carbocycles. The molecule has 30 heavy (non-hydrogen) atoms. The number of methoxy groups -OCH3 is 1. The van der Waals surface area contributed by atoms with Crippen LogP contribution in [0.1, 0.15) is 24.0 Å². The number of aromatic nitrogens is 1. The summed E-state index contributed by atoms with van der Waals surface area (Å²) in [6.07, 6.45) is 3.48. The Morgan fingerprint density at radius 2 is 2.00 bits per heavy atom. The first kappa shape index (κ1) is 22.1. The summed E-state index contributed by atoms with van der Waals surface area (Å²) in [7, 11) is -1.64. The van der Waals surface area contributed by atoms with Gasteiger partial charge < -0.3 is 15.2 Å². The van der Waals surface area contributed by atoms with Gasteiger partial charge in [0.1, 0.15) is 14.8 Å². The van der Waals surface area contributed by atoms with Gasteiger partial charge in [0, 0.05) is 35.0 Å². The average Bonchev–Trinajstić information content (AvgIpc) is 3.23. The molecule has 0 aliphatic heterocycles. The van der Waals surface area contributed by atoms with Crippen molar-refractivity contribution in [2.75, 3.05) is 31.5 Å². The van der Waals surface area contributed by atoms with E-state index in [0.717, 1.165) is 21.7 Å². The molecule has 0 fully saturated rings. The van der Waals surface area contributed by atoms with Crippen LogP contribution < -0.4 is 15.2 Å². The third kappa shape index (κ3) is 5.31. The highest BCUT2D eigenvalue weighted by molar-refractivity contribution is 7.90. The fraction of sp³-hybridized carbons (Fsp3) is 0.318. The standard InChI is InChI=1S/C22H26N2O4S2/c1-4-28-20-13-15(8-9-19(20)27-2)17(14-30(3,25)26)12-16-6-5-7-18(21(16)23)22-24-10-11-29-22/h5-11,13,17H,4,12,14,23H2,1-3H3/t17-/m1/s1. The minimum atomic E-state index is -3.22. The molecule has 0 saturated carbocycles. The third-order valence-corrected chi connectivity index (χ3v) is 6.60. The summed E-state index contributed by atoms with van der Waals surface area (Å²) in [5, 5.41) is 2.75. The number of sulfone groups is 1. The quantitative estimate of drug-likeness (QED) is 0.496. The van der Waals surface area contributed by atoms with Gasteiger partial charge >= 0.3 is 0 Å². The largest absolute Gasteiger partial charge is 0.493 e. The number of anilines is 1. The Kier molecular flexibility index (Phi) is 6.99. The van der Waals surface area contributed by atoms with Crippen molar-refractivity contribution >= 4 is 26.9 Å². The Morgan fingerprint density at radius 1 is 1.20 bits per heavy atom. The number of thiazole rings is 1. The van der Waals surface area contributed by atoms with Crippen molar-refractivity contribution in [3.63, 3.8) is 0 Å². The van der Waals surface area contributed by atoms with Crippen LogP contribution in [0.5, 0.6) is 11.5 Å². The van der Waals surface area contributed by atoms with Crippen LogP contribution in [0.2, 0.25) is 0 Å². The lowest BCUT2D eigenvalue weighted by molar-refractivity contribution is 0.310. The molecule has 3 rings (SSSR count). The maximum absolute atomic E-state index is 12.2. The second kappa shape index (κ2) is 9.49.